The number of carbonyl (C=O) groups excluding carboxylic acids is 4. The number of carbonyl (C=O) groups is 4. The quantitative estimate of drug-likeness (QED) is 0.0271. The number of hydrogen-bond acceptors (Lipinski definition) is 15. The first-order valence-electron chi connectivity index (χ1n) is 23.0. The van der Waals surface area contributed by atoms with Gasteiger partial charge >= 0.3 is 0 Å². The lowest BCUT2D eigenvalue weighted by Gasteiger charge is -2.35. The summed E-state index contributed by atoms with van der Waals surface area (Å²) in [7, 11) is 1.56. The van der Waals surface area contributed by atoms with Gasteiger partial charge in [0.2, 0.25) is 23.6 Å². The van der Waals surface area contributed by atoms with Gasteiger partial charge in [0, 0.05) is 24.9 Å². The van der Waals surface area contributed by atoms with Crippen LogP contribution in [0.25, 0.3) is 0 Å². The largest absolute Gasteiger partial charge is 0.395 e. The molecule has 0 fully saturated rings. The van der Waals surface area contributed by atoms with Gasteiger partial charge in [0.1, 0.15) is 31.0 Å². The fraction of sp³-hybridized carbons (Fsp3) is 0.905. The molecule has 0 rings (SSSR count). The average Bonchev–Trinajstić information content (AvgIpc) is 3.24. The monoisotopic (exact) mass is 878 g/mol. The van der Waals surface area contributed by atoms with Gasteiger partial charge in [0.25, 0.3) is 0 Å². The van der Waals surface area contributed by atoms with Gasteiger partial charge in [-0.3, -0.25) is 40.4 Å². The third kappa shape index (κ3) is 29.4. The SMILES string of the molecule is CCCCCCCCCCCCCCCC(=O)NCC(=O)N[C@@H](CO)C(=O)N[C@@H](CCC(N)=O)C(O)N[C@@H](CCCCN)C(O)NC(CO)C(O)N[C@@H](CCCC)C(O)NC. The number of unbranched alkanes of at least 4 members (excludes halogenated alkanes) is 14. The van der Waals surface area contributed by atoms with Gasteiger partial charge in [-0.1, -0.05) is 110 Å². The van der Waals surface area contributed by atoms with Gasteiger partial charge < -0.3 is 58.1 Å². The van der Waals surface area contributed by atoms with E-state index in [4.69, 9.17) is 11.5 Å². The molecule has 4 amide bonds. The molecular formula is C42H87N9O10. The Labute approximate surface area is 365 Å². The average molecular weight is 878 g/mol. The highest BCUT2D eigenvalue weighted by Crippen LogP contribution is 2.14. The number of amides is 4. The fourth-order valence-corrected chi connectivity index (χ4v) is 6.95. The normalized spacial score (nSPS) is 16.1. The lowest BCUT2D eigenvalue weighted by molar-refractivity contribution is -0.131. The van der Waals surface area contributed by atoms with Crippen molar-refractivity contribution in [2.45, 2.75) is 210 Å². The molecule has 0 aliphatic carbocycles. The van der Waals surface area contributed by atoms with Crippen molar-refractivity contribution in [2.75, 3.05) is 33.4 Å². The lowest BCUT2D eigenvalue weighted by Crippen LogP contribution is -2.63. The van der Waals surface area contributed by atoms with Crippen LogP contribution in [0.3, 0.4) is 0 Å². The highest BCUT2D eigenvalue weighted by Gasteiger charge is 2.33. The standard InChI is InChI=1S/C42H87N9O10/c1-4-6-8-9-10-11-12-13-14-15-16-17-18-23-36(55)46-27-37(56)47-33(28-52)41(60)50-32(24-25-35(44)54)40(59)49-31(22-19-20-26-43)39(58)51-34(29-53)42(61)48-30(21-7-5-2)38(57)45-3/h30-34,38-40,42,45,48-49,51-53,57-59,61H,4-29,43H2,1-3H3,(H2,44,54)(H,46,55)(H,47,56)(H,50,60)/t30-,31-,32-,33-,34?,38?,39?,40?,42?/m0/s1. The highest BCUT2D eigenvalue weighted by atomic mass is 16.3. The summed E-state index contributed by atoms with van der Waals surface area (Å²) < 4.78 is 0. The van der Waals surface area contributed by atoms with E-state index in [2.05, 4.69) is 44.1 Å². The number of likely N-dealkylation sites (N-methyl/N-ethyl adjacent to an activating group) is 1. The van der Waals surface area contributed by atoms with E-state index in [0.29, 0.717) is 32.2 Å². The molecule has 360 valence electrons. The van der Waals surface area contributed by atoms with Crippen LogP contribution in [0.15, 0.2) is 0 Å². The molecule has 0 aliphatic rings. The summed E-state index contributed by atoms with van der Waals surface area (Å²) in [6.07, 6.45) is 13.1. The molecule has 0 aromatic heterocycles. The third-order valence-electron chi connectivity index (χ3n) is 10.8. The van der Waals surface area contributed by atoms with E-state index >= 15 is 0 Å². The molecule has 19 heteroatoms. The van der Waals surface area contributed by atoms with Gasteiger partial charge in [-0.25, -0.2) is 0 Å². The van der Waals surface area contributed by atoms with E-state index < -0.39 is 92.6 Å². The molecule has 0 aromatic carbocycles. The Hall–Kier alpha value is -2.56. The zero-order valence-corrected chi connectivity index (χ0v) is 37.6. The number of hydrogen-bond donors (Lipinski definition) is 15. The number of primary amides is 1. The second kappa shape index (κ2) is 37.9. The Bertz CT molecular complexity index is 1130. The third-order valence-corrected chi connectivity index (χ3v) is 10.8. The Morgan fingerprint density at radius 1 is 0.525 bits per heavy atom. The fourth-order valence-electron chi connectivity index (χ4n) is 6.95. The molecule has 0 saturated carbocycles. The molecule has 19 nitrogen and oxygen atoms in total. The predicted octanol–water partition coefficient (Wildman–Crippen LogP) is -0.510. The van der Waals surface area contributed by atoms with Crippen LogP contribution in [0, 0.1) is 0 Å². The topological polar surface area (TPSA) is 326 Å². The van der Waals surface area contributed by atoms with Crippen LogP contribution in [0.5, 0.6) is 0 Å². The van der Waals surface area contributed by atoms with Crippen molar-refractivity contribution in [1.29, 1.82) is 0 Å². The second-order valence-electron chi connectivity index (χ2n) is 16.2. The van der Waals surface area contributed by atoms with Crippen molar-refractivity contribution in [3.63, 3.8) is 0 Å². The number of nitrogens with one attached hydrogen (secondary N) is 7. The first-order chi connectivity index (χ1) is 29.3. The molecule has 9 atom stereocenters. The molecule has 0 spiro atoms. The summed E-state index contributed by atoms with van der Waals surface area (Å²) in [6.45, 7) is 2.71. The Morgan fingerprint density at radius 2 is 1.02 bits per heavy atom. The zero-order chi connectivity index (χ0) is 45.8. The maximum Gasteiger partial charge on any atom is 0.245 e. The number of rotatable bonds is 42. The maximum atomic E-state index is 13.3. The van der Waals surface area contributed by atoms with Crippen LogP contribution in [-0.4, -0.2) is 143 Å². The van der Waals surface area contributed by atoms with Gasteiger partial charge in [0.05, 0.1) is 31.8 Å². The second-order valence-corrected chi connectivity index (χ2v) is 16.2. The van der Waals surface area contributed by atoms with E-state index in [0.717, 1.165) is 32.1 Å². The molecule has 0 saturated heterocycles. The van der Waals surface area contributed by atoms with Crippen molar-refractivity contribution < 1.29 is 49.8 Å². The molecule has 5 unspecified atom stereocenters. The number of aliphatic hydroxyl groups excluding tert-OH is 6. The number of aliphatic hydroxyl groups is 6. The minimum Gasteiger partial charge on any atom is -0.395 e. The lowest BCUT2D eigenvalue weighted by atomic mass is 10.0. The summed E-state index contributed by atoms with van der Waals surface area (Å²) in [5.41, 5.74) is 11.0. The first kappa shape index (κ1) is 58.4. The van der Waals surface area contributed by atoms with Crippen molar-refractivity contribution >= 4 is 23.6 Å². The number of nitrogens with two attached hydrogens (primary N) is 2. The molecule has 17 N–H and O–H groups in total. The van der Waals surface area contributed by atoms with Crippen molar-refractivity contribution in [2.24, 2.45) is 11.5 Å². The van der Waals surface area contributed by atoms with E-state index in [-0.39, 0.29) is 31.6 Å². The maximum absolute atomic E-state index is 13.3. The van der Waals surface area contributed by atoms with Crippen LogP contribution in [0.4, 0.5) is 0 Å². The highest BCUT2D eigenvalue weighted by molar-refractivity contribution is 5.90. The van der Waals surface area contributed by atoms with Crippen LogP contribution < -0.4 is 48.7 Å². The molecular weight excluding hydrogens is 791 g/mol. The van der Waals surface area contributed by atoms with Crippen LogP contribution in [-0.2, 0) is 19.2 Å². The molecule has 61 heavy (non-hydrogen) atoms. The summed E-state index contributed by atoms with van der Waals surface area (Å²) in [5, 5.41) is 82.7. The summed E-state index contributed by atoms with van der Waals surface area (Å²) in [6, 6.07) is -5.33. The van der Waals surface area contributed by atoms with Crippen molar-refractivity contribution in [3.05, 3.63) is 0 Å². The van der Waals surface area contributed by atoms with Crippen molar-refractivity contribution in [1.82, 2.24) is 37.2 Å². The molecule has 0 aromatic rings. The Kier molecular flexibility index (Phi) is 36.4. The van der Waals surface area contributed by atoms with Crippen molar-refractivity contribution in [3.8, 4) is 0 Å². The summed E-state index contributed by atoms with van der Waals surface area (Å²) in [4.78, 5) is 50.0. The Morgan fingerprint density at radius 3 is 1.52 bits per heavy atom. The van der Waals surface area contributed by atoms with Gasteiger partial charge in [0.15, 0.2) is 0 Å². The molecule has 0 radical (unpaired) electrons. The summed E-state index contributed by atoms with van der Waals surface area (Å²) >= 11 is 0. The van der Waals surface area contributed by atoms with Gasteiger partial charge in [-0.15, -0.1) is 0 Å². The van der Waals surface area contributed by atoms with Crippen LogP contribution >= 0.6 is 0 Å². The minimum absolute atomic E-state index is 0.162. The molecule has 0 heterocycles. The van der Waals surface area contributed by atoms with Crippen LogP contribution in [0.1, 0.15) is 155 Å². The smallest absolute Gasteiger partial charge is 0.245 e. The minimum atomic E-state index is -1.61. The summed E-state index contributed by atoms with van der Waals surface area (Å²) in [5.74, 6) is -2.64. The predicted molar refractivity (Wildman–Crippen MR) is 236 cm³/mol. The van der Waals surface area contributed by atoms with Crippen LogP contribution in [0.2, 0.25) is 0 Å². The Balaban J connectivity index is 5.26. The van der Waals surface area contributed by atoms with E-state index in [1.807, 2.05) is 6.92 Å². The van der Waals surface area contributed by atoms with E-state index in [1.165, 1.54) is 57.8 Å². The molecule has 0 bridgehead atoms. The zero-order valence-electron chi connectivity index (χ0n) is 37.6. The first-order valence-corrected chi connectivity index (χ1v) is 23.0. The van der Waals surface area contributed by atoms with Gasteiger partial charge in [-0.05, 0) is 45.7 Å². The molecule has 0 aliphatic heterocycles. The van der Waals surface area contributed by atoms with E-state index in [1.54, 1.807) is 7.05 Å². The van der Waals surface area contributed by atoms with Gasteiger partial charge in [-0.2, -0.15) is 0 Å². The van der Waals surface area contributed by atoms with E-state index in [9.17, 15) is 49.8 Å².